The van der Waals surface area contributed by atoms with Crippen molar-refractivity contribution < 1.29 is 4.39 Å². The Morgan fingerprint density at radius 1 is 1.38 bits per heavy atom. The van der Waals surface area contributed by atoms with E-state index in [0.717, 1.165) is 19.4 Å². The van der Waals surface area contributed by atoms with Gasteiger partial charge in [-0.05, 0) is 43.4 Å². The highest BCUT2D eigenvalue weighted by Gasteiger charge is 2.29. The van der Waals surface area contributed by atoms with E-state index in [1.807, 2.05) is 19.1 Å². The monoisotopic (exact) mass is 219 g/mol. The summed E-state index contributed by atoms with van der Waals surface area (Å²) in [5.74, 6) is 0.447. The van der Waals surface area contributed by atoms with Crippen molar-refractivity contribution in [3.05, 3.63) is 47.8 Å². The Balaban J connectivity index is 1.79. The van der Waals surface area contributed by atoms with Gasteiger partial charge in [-0.25, -0.2) is 4.39 Å². The molecule has 1 aliphatic rings. The average Bonchev–Trinajstić information content (AvgIpc) is 2.18. The van der Waals surface area contributed by atoms with Crippen LogP contribution in [0.2, 0.25) is 0 Å². The van der Waals surface area contributed by atoms with E-state index in [9.17, 15) is 4.39 Å². The lowest BCUT2D eigenvalue weighted by Crippen LogP contribution is -2.40. The zero-order valence-electron chi connectivity index (χ0n) is 9.67. The quantitative estimate of drug-likeness (QED) is 0.767. The highest BCUT2D eigenvalue weighted by Crippen LogP contribution is 2.36. The molecule has 0 heterocycles. The highest BCUT2D eigenvalue weighted by atomic mass is 19.1. The molecule has 1 nitrogen and oxygen atoms in total. The number of rotatable bonds is 4. The van der Waals surface area contributed by atoms with Crippen LogP contribution >= 0.6 is 0 Å². The fourth-order valence-corrected chi connectivity index (χ4v) is 2.11. The molecule has 0 saturated heterocycles. The van der Waals surface area contributed by atoms with E-state index in [2.05, 4.69) is 11.9 Å². The van der Waals surface area contributed by atoms with Crippen LogP contribution in [0, 0.1) is 5.82 Å². The molecule has 0 bridgehead atoms. The van der Waals surface area contributed by atoms with Gasteiger partial charge in [-0.15, -0.1) is 0 Å². The molecule has 0 spiro atoms. The molecular weight excluding hydrogens is 201 g/mol. The van der Waals surface area contributed by atoms with Crippen molar-refractivity contribution in [1.82, 2.24) is 5.32 Å². The first-order valence-electron chi connectivity index (χ1n) is 5.78. The minimum atomic E-state index is -0.153. The van der Waals surface area contributed by atoms with Gasteiger partial charge in [0, 0.05) is 12.6 Å². The molecule has 1 N–H and O–H groups in total. The fraction of sp³-hybridized carbons (Fsp3) is 0.429. The molecule has 1 fully saturated rings. The first kappa shape index (κ1) is 11.3. The molecule has 0 unspecified atom stereocenters. The molecule has 0 atom stereocenters. The maximum absolute atomic E-state index is 12.7. The maximum Gasteiger partial charge on any atom is 0.123 e. The first-order valence-corrected chi connectivity index (χ1v) is 5.78. The van der Waals surface area contributed by atoms with E-state index >= 15 is 0 Å². The van der Waals surface area contributed by atoms with Crippen LogP contribution in [0.5, 0.6) is 0 Å². The van der Waals surface area contributed by atoms with Crippen molar-refractivity contribution in [1.29, 1.82) is 0 Å². The zero-order chi connectivity index (χ0) is 11.5. The third kappa shape index (κ3) is 2.70. The Morgan fingerprint density at radius 2 is 2.00 bits per heavy atom. The predicted octanol–water partition coefficient (Wildman–Crippen LogP) is 3.24. The molecule has 1 saturated carbocycles. The fourth-order valence-electron chi connectivity index (χ4n) is 2.11. The summed E-state index contributed by atoms with van der Waals surface area (Å²) >= 11 is 0. The number of benzene rings is 1. The Hall–Kier alpha value is -1.15. The summed E-state index contributed by atoms with van der Waals surface area (Å²) in [6, 6.07) is 7.49. The minimum absolute atomic E-state index is 0.153. The zero-order valence-corrected chi connectivity index (χ0v) is 9.67. The number of nitrogens with one attached hydrogen (secondary N) is 1. The summed E-state index contributed by atoms with van der Waals surface area (Å²) in [6.07, 6.45) is 2.30. The summed E-state index contributed by atoms with van der Waals surface area (Å²) in [7, 11) is 0. The van der Waals surface area contributed by atoms with E-state index < -0.39 is 0 Å². The van der Waals surface area contributed by atoms with Gasteiger partial charge in [0.25, 0.3) is 0 Å². The van der Waals surface area contributed by atoms with E-state index in [1.54, 1.807) is 12.1 Å². The van der Waals surface area contributed by atoms with E-state index in [4.69, 9.17) is 0 Å². The van der Waals surface area contributed by atoms with Gasteiger partial charge in [0.15, 0.2) is 0 Å². The maximum atomic E-state index is 12.7. The van der Waals surface area contributed by atoms with E-state index in [1.165, 1.54) is 11.1 Å². The molecule has 86 valence electrons. The number of halogens is 1. The van der Waals surface area contributed by atoms with Crippen molar-refractivity contribution in [3.63, 3.8) is 0 Å². The van der Waals surface area contributed by atoms with Gasteiger partial charge < -0.3 is 5.32 Å². The summed E-state index contributed by atoms with van der Waals surface area (Å²) < 4.78 is 12.7. The highest BCUT2D eigenvalue weighted by molar-refractivity contribution is 5.23. The van der Waals surface area contributed by atoms with Gasteiger partial charge in [0.1, 0.15) is 5.82 Å². The molecule has 0 aromatic heterocycles. The molecule has 0 amide bonds. The van der Waals surface area contributed by atoms with Crippen LogP contribution in [0.15, 0.2) is 36.4 Å². The lowest BCUT2D eigenvalue weighted by Gasteiger charge is -2.36. The third-order valence-corrected chi connectivity index (χ3v) is 3.17. The van der Waals surface area contributed by atoms with Gasteiger partial charge in [0.2, 0.25) is 0 Å². The SMILES string of the molecule is C=C(C)CNC1CC(c2ccc(F)cc2)C1. The molecule has 2 heteroatoms. The number of hydrogen-bond acceptors (Lipinski definition) is 1. The van der Waals surface area contributed by atoms with Crippen molar-refractivity contribution >= 4 is 0 Å². The van der Waals surface area contributed by atoms with E-state index in [0.29, 0.717) is 12.0 Å². The molecule has 1 aliphatic carbocycles. The second-order valence-corrected chi connectivity index (χ2v) is 4.75. The Morgan fingerprint density at radius 3 is 2.56 bits per heavy atom. The van der Waals surface area contributed by atoms with Crippen LogP contribution in [0.3, 0.4) is 0 Å². The molecule has 16 heavy (non-hydrogen) atoms. The van der Waals surface area contributed by atoms with Crippen LogP contribution in [-0.4, -0.2) is 12.6 Å². The average molecular weight is 219 g/mol. The van der Waals surface area contributed by atoms with Gasteiger partial charge >= 0.3 is 0 Å². The Kier molecular flexibility index (Phi) is 3.39. The van der Waals surface area contributed by atoms with E-state index in [-0.39, 0.29) is 5.82 Å². The summed E-state index contributed by atoms with van der Waals surface area (Å²) in [4.78, 5) is 0. The number of hydrogen-bond donors (Lipinski definition) is 1. The summed E-state index contributed by atoms with van der Waals surface area (Å²) in [6.45, 7) is 6.80. The molecule has 0 radical (unpaired) electrons. The smallest absolute Gasteiger partial charge is 0.123 e. The van der Waals surface area contributed by atoms with Gasteiger partial charge in [-0.2, -0.15) is 0 Å². The lowest BCUT2D eigenvalue weighted by molar-refractivity contribution is 0.298. The van der Waals surface area contributed by atoms with Crippen molar-refractivity contribution in [2.45, 2.75) is 31.7 Å². The Labute approximate surface area is 96.4 Å². The largest absolute Gasteiger partial charge is 0.310 e. The Bertz CT molecular complexity index is 363. The second kappa shape index (κ2) is 4.79. The third-order valence-electron chi connectivity index (χ3n) is 3.17. The summed E-state index contributed by atoms with van der Waals surface area (Å²) in [5, 5.41) is 3.46. The van der Waals surface area contributed by atoms with Crippen molar-refractivity contribution in [2.24, 2.45) is 0 Å². The van der Waals surface area contributed by atoms with Gasteiger partial charge in [-0.3, -0.25) is 0 Å². The van der Waals surface area contributed by atoms with Crippen LogP contribution in [0.1, 0.15) is 31.2 Å². The molecule has 0 aliphatic heterocycles. The normalized spacial score (nSPS) is 23.9. The van der Waals surface area contributed by atoms with Crippen molar-refractivity contribution in [2.75, 3.05) is 6.54 Å². The topological polar surface area (TPSA) is 12.0 Å². The summed E-state index contributed by atoms with van der Waals surface area (Å²) in [5.41, 5.74) is 2.43. The molecule has 1 aromatic carbocycles. The molecular formula is C14H18FN. The van der Waals surface area contributed by atoms with Crippen LogP contribution in [-0.2, 0) is 0 Å². The van der Waals surface area contributed by atoms with Crippen LogP contribution in [0.4, 0.5) is 4.39 Å². The van der Waals surface area contributed by atoms with Crippen LogP contribution < -0.4 is 5.32 Å². The molecule has 1 aromatic rings. The predicted molar refractivity (Wildman–Crippen MR) is 65.0 cm³/mol. The first-order chi connectivity index (χ1) is 7.65. The van der Waals surface area contributed by atoms with Gasteiger partial charge in [0.05, 0.1) is 0 Å². The lowest BCUT2D eigenvalue weighted by atomic mass is 9.76. The van der Waals surface area contributed by atoms with Crippen molar-refractivity contribution in [3.8, 4) is 0 Å². The minimum Gasteiger partial charge on any atom is -0.310 e. The standard InChI is InChI=1S/C14H18FN/c1-10(2)9-16-14-7-12(8-14)11-3-5-13(15)6-4-11/h3-6,12,14,16H,1,7-9H2,2H3. The van der Waals surface area contributed by atoms with Crippen LogP contribution in [0.25, 0.3) is 0 Å². The molecule has 2 rings (SSSR count). The second-order valence-electron chi connectivity index (χ2n) is 4.75. The van der Waals surface area contributed by atoms with Gasteiger partial charge in [-0.1, -0.05) is 24.3 Å².